The number of rotatable bonds is 4. The SMILES string of the molecule is COc1ccc(N2CCN(C(=O)C[C@@H]3N[C@@H]4CCCC[C@@H]4NC3=O)CC2)cc1. The number of hydrogen-bond acceptors (Lipinski definition) is 5. The summed E-state index contributed by atoms with van der Waals surface area (Å²) in [4.78, 5) is 29.3. The van der Waals surface area contributed by atoms with Crippen molar-refractivity contribution in [3.63, 3.8) is 0 Å². The van der Waals surface area contributed by atoms with Crippen molar-refractivity contribution in [2.75, 3.05) is 38.2 Å². The summed E-state index contributed by atoms with van der Waals surface area (Å²) in [5, 5.41) is 6.56. The predicted octanol–water partition coefficient (Wildman–Crippen LogP) is 1.13. The molecule has 2 heterocycles. The fraction of sp³-hybridized carbons (Fsp3) is 0.619. The highest BCUT2D eigenvalue weighted by atomic mass is 16.5. The van der Waals surface area contributed by atoms with Crippen molar-refractivity contribution >= 4 is 17.5 Å². The lowest BCUT2D eigenvalue weighted by Gasteiger charge is -2.41. The highest BCUT2D eigenvalue weighted by Gasteiger charge is 2.37. The molecule has 7 heteroatoms. The molecule has 28 heavy (non-hydrogen) atoms. The zero-order chi connectivity index (χ0) is 19.5. The van der Waals surface area contributed by atoms with Crippen LogP contribution < -0.4 is 20.3 Å². The van der Waals surface area contributed by atoms with Gasteiger partial charge in [0.05, 0.1) is 19.6 Å². The minimum atomic E-state index is -0.397. The summed E-state index contributed by atoms with van der Waals surface area (Å²) in [6, 6.07) is 8.17. The first-order chi connectivity index (χ1) is 13.6. The zero-order valence-corrected chi connectivity index (χ0v) is 16.5. The van der Waals surface area contributed by atoms with E-state index in [1.165, 1.54) is 12.8 Å². The number of anilines is 1. The number of benzene rings is 1. The number of carbonyl (C=O) groups is 2. The van der Waals surface area contributed by atoms with Crippen LogP contribution in [-0.2, 0) is 9.59 Å². The first-order valence-electron chi connectivity index (χ1n) is 10.4. The van der Waals surface area contributed by atoms with Crippen molar-refractivity contribution in [1.82, 2.24) is 15.5 Å². The number of methoxy groups -OCH3 is 1. The minimum Gasteiger partial charge on any atom is -0.497 e. The van der Waals surface area contributed by atoms with Crippen LogP contribution in [0.25, 0.3) is 0 Å². The molecule has 0 radical (unpaired) electrons. The van der Waals surface area contributed by atoms with Gasteiger partial charge in [-0.15, -0.1) is 0 Å². The molecule has 152 valence electrons. The molecule has 2 aliphatic heterocycles. The van der Waals surface area contributed by atoms with E-state index in [0.29, 0.717) is 19.1 Å². The maximum atomic E-state index is 12.8. The molecule has 3 fully saturated rings. The Bertz CT molecular complexity index is 700. The lowest BCUT2D eigenvalue weighted by molar-refractivity contribution is -0.136. The fourth-order valence-electron chi connectivity index (χ4n) is 4.58. The van der Waals surface area contributed by atoms with E-state index in [0.717, 1.165) is 37.4 Å². The number of ether oxygens (including phenoxy) is 1. The molecule has 2 N–H and O–H groups in total. The molecule has 2 saturated heterocycles. The summed E-state index contributed by atoms with van der Waals surface area (Å²) in [6.07, 6.45) is 4.73. The van der Waals surface area contributed by atoms with Crippen LogP contribution in [0.5, 0.6) is 5.75 Å². The van der Waals surface area contributed by atoms with Crippen LogP contribution in [0.2, 0.25) is 0 Å². The molecule has 1 saturated carbocycles. The summed E-state index contributed by atoms with van der Waals surface area (Å²) in [6.45, 7) is 2.97. The van der Waals surface area contributed by atoms with Gasteiger partial charge in [-0.25, -0.2) is 0 Å². The maximum absolute atomic E-state index is 12.8. The normalized spacial score (nSPS) is 27.8. The van der Waals surface area contributed by atoms with E-state index in [1.807, 2.05) is 29.2 Å². The molecule has 0 bridgehead atoms. The molecule has 1 aromatic carbocycles. The number of nitrogens with zero attached hydrogens (tertiary/aromatic N) is 2. The molecular weight excluding hydrogens is 356 g/mol. The Hall–Kier alpha value is -2.28. The molecule has 0 spiro atoms. The largest absolute Gasteiger partial charge is 0.497 e. The standard InChI is InChI=1S/C21H30N4O3/c1-28-16-8-6-15(7-9-16)24-10-12-25(13-11-24)20(26)14-19-21(27)23-18-5-3-2-4-17(18)22-19/h6-9,17-19,22H,2-5,10-14H2,1H3,(H,23,27)/t17-,18+,19+/m1/s1. The summed E-state index contributed by atoms with van der Waals surface area (Å²) in [5.74, 6) is 0.890. The molecule has 0 aromatic heterocycles. The van der Waals surface area contributed by atoms with Crippen LogP contribution >= 0.6 is 0 Å². The third kappa shape index (κ3) is 4.09. The Kier molecular flexibility index (Phi) is 5.71. The van der Waals surface area contributed by atoms with E-state index < -0.39 is 6.04 Å². The summed E-state index contributed by atoms with van der Waals surface area (Å²) < 4.78 is 5.21. The Morgan fingerprint density at radius 2 is 1.75 bits per heavy atom. The van der Waals surface area contributed by atoms with Gasteiger partial charge in [-0.1, -0.05) is 12.8 Å². The third-order valence-corrected chi connectivity index (χ3v) is 6.27. The highest BCUT2D eigenvalue weighted by molar-refractivity contribution is 5.89. The molecule has 1 aromatic rings. The number of amides is 2. The number of fused-ring (bicyclic) bond motifs is 1. The first kappa shape index (κ1) is 19.1. The van der Waals surface area contributed by atoms with Crippen molar-refractivity contribution in [1.29, 1.82) is 0 Å². The molecule has 3 atom stereocenters. The van der Waals surface area contributed by atoms with Crippen LogP contribution in [0.1, 0.15) is 32.1 Å². The van der Waals surface area contributed by atoms with Gasteiger partial charge >= 0.3 is 0 Å². The van der Waals surface area contributed by atoms with Gasteiger partial charge in [0.1, 0.15) is 5.75 Å². The topological polar surface area (TPSA) is 73.9 Å². The quantitative estimate of drug-likeness (QED) is 0.812. The summed E-state index contributed by atoms with van der Waals surface area (Å²) in [7, 11) is 1.66. The highest BCUT2D eigenvalue weighted by Crippen LogP contribution is 2.23. The Balaban J connectivity index is 1.28. The molecule has 1 aliphatic carbocycles. The summed E-state index contributed by atoms with van der Waals surface area (Å²) >= 11 is 0. The van der Waals surface area contributed by atoms with Crippen LogP contribution in [0.4, 0.5) is 5.69 Å². The van der Waals surface area contributed by atoms with E-state index in [4.69, 9.17) is 4.74 Å². The number of nitrogens with one attached hydrogen (secondary N) is 2. The second-order valence-electron chi connectivity index (χ2n) is 8.00. The van der Waals surface area contributed by atoms with Crippen molar-refractivity contribution in [3.8, 4) is 5.75 Å². The van der Waals surface area contributed by atoms with Crippen molar-refractivity contribution in [3.05, 3.63) is 24.3 Å². The smallest absolute Gasteiger partial charge is 0.237 e. The van der Waals surface area contributed by atoms with E-state index in [2.05, 4.69) is 15.5 Å². The molecule has 2 amide bonds. The maximum Gasteiger partial charge on any atom is 0.237 e. The Labute approximate surface area is 166 Å². The second kappa shape index (κ2) is 8.39. The first-order valence-corrected chi connectivity index (χ1v) is 10.4. The van der Waals surface area contributed by atoms with Gasteiger partial charge in [0.2, 0.25) is 11.8 Å². The lowest BCUT2D eigenvalue weighted by atomic mass is 9.87. The van der Waals surface area contributed by atoms with Crippen molar-refractivity contribution < 1.29 is 14.3 Å². The van der Waals surface area contributed by atoms with E-state index >= 15 is 0 Å². The minimum absolute atomic E-state index is 0.0200. The Morgan fingerprint density at radius 3 is 2.43 bits per heavy atom. The summed E-state index contributed by atoms with van der Waals surface area (Å²) in [5.41, 5.74) is 1.14. The van der Waals surface area contributed by atoms with E-state index in [1.54, 1.807) is 7.11 Å². The van der Waals surface area contributed by atoms with Gasteiger partial charge in [0.15, 0.2) is 0 Å². The van der Waals surface area contributed by atoms with Crippen LogP contribution in [0, 0.1) is 0 Å². The predicted molar refractivity (Wildman–Crippen MR) is 108 cm³/mol. The molecular formula is C21H30N4O3. The average molecular weight is 386 g/mol. The fourth-order valence-corrected chi connectivity index (χ4v) is 4.58. The monoisotopic (exact) mass is 386 g/mol. The number of carbonyl (C=O) groups excluding carboxylic acids is 2. The van der Waals surface area contributed by atoms with Gasteiger partial charge in [0, 0.05) is 44.0 Å². The molecule has 0 unspecified atom stereocenters. The Morgan fingerprint density at radius 1 is 1.07 bits per heavy atom. The second-order valence-corrected chi connectivity index (χ2v) is 8.00. The zero-order valence-electron chi connectivity index (χ0n) is 16.5. The number of piperazine rings is 2. The number of hydrogen-bond donors (Lipinski definition) is 2. The molecule has 7 nitrogen and oxygen atoms in total. The van der Waals surface area contributed by atoms with E-state index in [-0.39, 0.29) is 24.3 Å². The molecule has 3 aliphatic rings. The van der Waals surface area contributed by atoms with Gasteiger partial charge in [0.25, 0.3) is 0 Å². The van der Waals surface area contributed by atoms with Crippen LogP contribution in [0.15, 0.2) is 24.3 Å². The van der Waals surface area contributed by atoms with Gasteiger partial charge in [-0.05, 0) is 37.1 Å². The van der Waals surface area contributed by atoms with Crippen LogP contribution in [0.3, 0.4) is 0 Å². The lowest BCUT2D eigenvalue weighted by Crippen LogP contribution is -2.65. The van der Waals surface area contributed by atoms with Gasteiger partial charge in [-0.3, -0.25) is 9.59 Å². The van der Waals surface area contributed by atoms with Gasteiger partial charge < -0.3 is 25.2 Å². The van der Waals surface area contributed by atoms with Gasteiger partial charge in [-0.2, -0.15) is 0 Å². The molecule has 4 rings (SSSR count). The van der Waals surface area contributed by atoms with Crippen molar-refractivity contribution in [2.24, 2.45) is 0 Å². The van der Waals surface area contributed by atoms with Crippen molar-refractivity contribution in [2.45, 2.75) is 50.2 Å². The van der Waals surface area contributed by atoms with E-state index in [9.17, 15) is 9.59 Å². The average Bonchev–Trinajstić information content (AvgIpc) is 2.74. The van der Waals surface area contributed by atoms with Crippen LogP contribution in [-0.4, -0.2) is 68.1 Å². The third-order valence-electron chi connectivity index (χ3n) is 6.27.